The molecule has 2 N–H and O–H groups in total. The van der Waals surface area contributed by atoms with E-state index in [2.05, 4.69) is 22.0 Å². The van der Waals surface area contributed by atoms with E-state index >= 15 is 0 Å². The molecule has 0 radical (unpaired) electrons. The number of rotatable bonds is 7. The molecule has 0 bridgehead atoms. The SMILES string of the molecule is Cc1cc(C(=O)NC(C)CCCO)c(C)n1Cc1ccccc1. The van der Waals surface area contributed by atoms with Crippen LogP contribution in [0.1, 0.15) is 47.1 Å². The van der Waals surface area contributed by atoms with Crippen molar-refractivity contribution in [2.45, 2.75) is 46.2 Å². The number of benzene rings is 1. The Morgan fingerprint density at radius 3 is 2.61 bits per heavy atom. The van der Waals surface area contributed by atoms with Crippen molar-refractivity contribution < 1.29 is 9.90 Å². The van der Waals surface area contributed by atoms with E-state index in [4.69, 9.17) is 5.11 Å². The highest BCUT2D eigenvalue weighted by Crippen LogP contribution is 2.17. The number of carbonyl (C=O) groups excluding carboxylic acids is 1. The smallest absolute Gasteiger partial charge is 0.253 e. The highest BCUT2D eigenvalue weighted by atomic mass is 16.3. The van der Waals surface area contributed by atoms with E-state index in [1.54, 1.807) is 0 Å². The van der Waals surface area contributed by atoms with Crippen molar-refractivity contribution in [3.8, 4) is 0 Å². The summed E-state index contributed by atoms with van der Waals surface area (Å²) in [6, 6.07) is 12.3. The van der Waals surface area contributed by atoms with Gasteiger partial charge in [0.15, 0.2) is 0 Å². The van der Waals surface area contributed by atoms with E-state index < -0.39 is 0 Å². The fourth-order valence-electron chi connectivity index (χ4n) is 2.81. The molecule has 1 amide bonds. The van der Waals surface area contributed by atoms with Crippen molar-refractivity contribution in [3.63, 3.8) is 0 Å². The van der Waals surface area contributed by atoms with E-state index in [9.17, 15) is 4.79 Å². The fourth-order valence-corrected chi connectivity index (χ4v) is 2.81. The number of aliphatic hydroxyl groups is 1. The van der Waals surface area contributed by atoms with Crippen LogP contribution in [-0.4, -0.2) is 28.2 Å². The number of aromatic nitrogens is 1. The molecule has 2 rings (SSSR count). The summed E-state index contributed by atoms with van der Waals surface area (Å²) in [5.74, 6) is -0.0390. The number of carbonyl (C=O) groups is 1. The molecule has 1 aromatic carbocycles. The monoisotopic (exact) mass is 314 g/mol. The lowest BCUT2D eigenvalue weighted by molar-refractivity contribution is 0.0935. The maximum atomic E-state index is 12.5. The summed E-state index contributed by atoms with van der Waals surface area (Å²) in [4.78, 5) is 12.5. The Bertz CT molecular complexity index is 647. The summed E-state index contributed by atoms with van der Waals surface area (Å²) in [6.07, 6.45) is 1.49. The topological polar surface area (TPSA) is 54.3 Å². The van der Waals surface area contributed by atoms with Crippen LogP contribution in [0.2, 0.25) is 0 Å². The van der Waals surface area contributed by atoms with Crippen molar-refractivity contribution in [2.24, 2.45) is 0 Å². The zero-order valence-corrected chi connectivity index (χ0v) is 14.2. The molecule has 0 aliphatic heterocycles. The van der Waals surface area contributed by atoms with Crippen LogP contribution in [0, 0.1) is 13.8 Å². The first-order chi connectivity index (χ1) is 11.0. The normalized spacial score (nSPS) is 12.2. The van der Waals surface area contributed by atoms with Crippen LogP contribution >= 0.6 is 0 Å². The Hall–Kier alpha value is -2.07. The van der Waals surface area contributed by atoms with Gasteiger partial charge in [-0.2, -0.15) is 0 Å². The first kappa shape index (κ1) is 17.3. The van der Waals surface area contributed by atoms with Crippen LogP contribution < -0.4 is 5.32 Å². The highest BCUT2D eigenvalue weighted by Gasteiger charge is 2.17. The fraction of sp³-hybridized carbons (Fsp3) is 0.421. The summed E-state index contributed by atoms with van der Waals surface area (Å²) in [5.41, 5.74) is 4.02. The largest absolute Gasteiger partial charge is 0.396 e. The Balaban J connectivity index is 2.12. The molecule has 0 saturated heterocycles. The lowest BCUT2D eigenvalue weighted by Gasteiger charge is -2.14. The third kappa shape index (κ3) is 4.45. The van der Waals surface area contributed by atoms with Gasteiger partial charge in [0, 0.05) is 30.6 Å². The van der Waals surface area contributed by atoms with Gasteiger partial charge in [-0.05, 0) is 45.2 Å². The second kappa shape index (κ2) is 7.97. The van der Waals surface area contributed by atoms with Crippen LogP contribution in [0.25, 0.3) is 0 Å². The maximum Gasteiger partial charge on any atom is 0.253 e. The molecule has 23 heavy (non-hydrogen) atoms. The minimum atomic E-state index is -0.0390. The molecule has 4 nitrogen and oxygen atoms in total. The van der Waals surface area contributed by atoms with Gasteiger partial charge < -0.3 is 15.0 Å². The minimum absolute atomic E-state index is 0.0390. The van der Waals surface area contributed by atoms with Crippen LogP contribution in [0.15, 0.2) is 36.4 Å². The summed E-state index contributed by atoms with van der Waals surface area (Å²) in [7, 11) is 0. The molecule has 4 heteroatoms. The Morgan fingerprint density at radius 2 is 1.96 bits per heavy atom. The molecule has 124 valence electrons. The molecule has 0 saturated carbocycles. The number of nitrogens with one attached hydrogen (secondary N) is 1. The predicted molar refractivity (Wildman–Crippen MR) is 92.7 cm³/mol. The van der Waals surface area contributed by atoms with Gasteiger partial charge in [0.25, 0.3) is 5.91 Å². The molecule has 0 aliphatic carbocycles. The molecule has 1 heterocycles. The maximum absolute atomic E-state index is 12.5. The number of aliphatic hydroxyl groups excluding tert-OH is 1. The van der Waals surface area contributed by atoms with Crippen molar-refractivity contribution >= 4 is 5.91 Å². The molecule has 1 atom stereocenters. The van der Waals surface area contributed by atoms with Crippen LogP contribution in [0.4, 0.5) is 0 Å². The van der Waals surface area contributed by atoms with E-state index in [-0.39, 0.29) is 18.6 Å². The summed E-state index contributed by atoms with van der Waals surface area (Å²) >= 11 is 0. The number of hydrogen-bond donors (Lipinski definition) is 2. The van der Waals surface area contributed by atoms with Crippen molar-refractivity contribution in [1.82, 2.24) is 9.88 Å². The van der Waals surface area contributed by atoms with E-state index in [0.29, 0.717) is 6.42 Å². The second-order valence-electron chi connectivity index (χ2n) is 6.10. The zero-order chi connectivity index (χ0) is 16.8. The van der Waals surface area contributed by atoms with Gasteiger partial charge in [-0.3, -0.25) is 4.79 Å². The molecule has 0 spiro atoms. The molecule has 1 unspecified atom stereocenters. The number of nitrogens with zero attached hydrogens (tertiary/aromatic N) is 1. The number of amides is 1. The summed E-state index contributed by atoms with van der Waals surface area (Å²) in [5, 5.41) is 11.9. The van der Waals surface area contributed by atoms with Gasteiger partial charge >= 0.3 is 0 Å². The van der Waals surface area contributed by atoms with Gasteiger partial charge in [0.1, 0.15) is 0 Å². The first-order valence-corrected chi connectivity index (χ1v) is 8.15. The summed E-state index contributed by atoms with van der Waals surface area (Å²) < 4.78 is 2.17. The Labute approximate surface area is 138 Å². The molecular weight excluding hydrogens is 288 g/mol. The highest BCUT2D eigenvalue weighted by molar-refractivity contribution is 5.95. The summed E-state index contributed by atoms with van der Waals surface area (Å²) in [6.45, 7) is 6.92. The number of hydrogen-bond acceptors (Lipinski definition) is 2. The van der Waals surface area contributed by atoms with E-state index in [0.717, 1.165) is 29.9 Å². The lowest BCUT2D eigenvalue weighted by atomic mass is 10.1. The van der Waals surface area contributed by atoms with Gasteiger partial charge in [-0.1, -0.05) is 30.3 Å². The van der Waals surface area contributed by atoms with Crippen LogP contribution in [-0.2, 0) is 6.54 Å². The van der Waals surface area contributed by atoms with E-state index in [1.165, 1.54) is 5.56 Å². The first-order valence-electron chi connectivity index (χ1n) is 8.15. The van der Waals surface area contributed by atoms with Crippen molar-refractivity contribution in [2.75, 3.05) is 6.61 Å². The lowest BCUT2D eigenvalue weighted by Crippen LogP contribution is -2.33. The molecule has 2 aromatic rings. The molecule has 0 aliphatic rings. The standard InChI is InChI=1S/C19H26N2O2/c1-14(8-7-11-22)20-19(23)18-12-15(2)21(16(18)3)13-17-9-5-4-6-10-17/h4-6,9-10,12,14,22H,7-8,11,13H2,1-3H3,(H,20,23). The van der Waals surface area contributed by atoms with Gasteiger partial charge in [0.2, 0.25) is 0 Å². The average molecular weight is 314 g/mol. The molecule has 0 fully saturated rings. The average Bonchev–Trinajstić information content (AvgIpc) is 2.82. The Morgan fingerprint density at radius 1 is 1.26 bits per heavy atom. The van der Waals surface area contributed by atoms with Crippen LogP contribution in [0.3, 0.4) is 0 Å². The van der Waals surface area contributed by atoms with Crippen molar-refractivity contribution in [3.05, 3.63) is 58.9 Å². The van der Waals surface area contributed by atoms with E-state index in [1.807, 2.05) is 45.0 Å². The second-order valence-corrected chi connectivity index (χ2v) is 6.10. The zero-order valence-electron chi connectivity index (χ0n) is 14.2. The minimum Gasteiger partial charge on any atom is -0.396 e. The Kier molecular flexibility index (Phi) is 5.99. The quantitative estimate of drug-likeness (QED) is 0.825. The molecule has 1 aromatic heterocycles. The third-order valence-corrected chi connectivity index (χ3v) is 4.17. The van der Waals surface area contributed by atoms with Crippen LogP contribution in [0.5, 0.6) is 0 Å². The van der Waals surface area contributed by atoms with Gasteiger partial charge in [-0.15, -0.1) is 0 Å². The van der Waals surface area contributed by atoms with Crippen molar-refractivity contribution in [1.29, 1.82) is 0 Å². The van der Waals surface area contributed by atoms with Gasteiger partial charge in [0.05, 0.1) is 5.56 Å². The third-order valence-electron chi connectivity index (χ3n) is 4.17. The molecular formula is C19H26N2O2. The predicted octanol–water partition coefficient (Wildman–Crippen LogP) is 3.04. The number of aryl methyl sites for hydroxylation is 1. The van der Waals surface area contributed by atoms with Gasteiger partial charge in [-0.25, -0.2) is 0 Å².